The van der Waals surface area contributed by atoms with Crippen LogP contribution >= 0.6 is 0 Å². The fourth-order valence-corrected chi connectivity index (χ4v) is 1.73. The molecule has 0 spiro atoms. The third-order valence-electron chi connectivity index (χ3n) is 2.79. The topological polar surface area (TPSA) is 99.3 Å². The average Bonchev–Trinajstić information content (AvgIpc) is 2.49. The van der Waals surface area contributed by atoms with Crippen LogP contribution in [0.15, 0.2) is 24.3 Å². The first-order chi connectivity index (χ1) is 11.9. The van der Waals surface area contributed by atoms with E-state index in [1.165, 1.54) is 5.32 Å². The summed E-state index contributed by atoms with van der Waals surface area (Å²) in [5, 5.41) is 8.78. The number of amides is 4. The Morgan fingerprint density at radius 1 is 1.00 bits per heavy atom. The van der Waals surface area contributed by atoms with E-state index in [0.717, 1.165) is 0 Å². The van der Waals surface area contributed by atoms with Crippen molar-refractivity contribution in [1.82, 2.24) is 16.0 Å². The van der Waals surface area contributed by atoms with Crippen LogP contribution in [0.3, 0.4) is 0 Å². The largest absolute Gasteiger partial charge is 0.405 e. The molecular formula is C16H21F3N4O3. The summed E-state index contributed by atoms with van der Waals surface area (Å²) in [5.74, 6) is -1.05. The number of anilines is 1. The molecule has 1 aromatic carbocycles. The van der Waals surface area contributed by atoms with Crippen LogP contribution in [0.5, 0.6) is 0 Å². The molecule has 0 unspecified atom stereocenters. The molecule has 0 saturated heterocycles. The lowest BCUT2D eigenvalue weighted by atomic mass is 10.1. The van der Waals surface area contributed by atoms with E-state index in [9.17, 15) is 27.6 Å². The van der Waals surface area contributed by atoms with Crippen LogP contribution in [0.25, 0.3) is 0 Å². The molecule has 4 N–H and O–H groups in total. The molecule has 7 nitrogen and oxygen atoms in total. The maximum Gasteiger partial charge on any atom is 0.405 e. The van der Waals surface area contributed by atoms with Gasteiger partial charge in [0.2, 0.25) is 5.91 Å². The number of carbonyl (C=O) groups excluding carboxylic acids is 3. The lowest BCUT2D eigenvalue weighted by Crippen LogP contribution is -2.45. The molecule has 0 saturated carbocycles. The number of rotatable bonds is 5. The maximum absolute atomic E-state index is 12.0. The van der Waals surface area contributed by atoms with E-state index in [2.05, 4.69) is 10.6 Å². The lowest BCUT2D eigenvalue weighted by Gasteiger charge is -2.20. The van der Waals surface area contributed by atoms with E-state index in [-0.39, 0.29) is 18.0 Å². The molecular weight excluding hydrogens is 353 g/mol. The number of urea groups is 1. The van der Waals surface area contributed by atoms with E-state index in [4.69, 9.17) is 0 Å². The molecule has 0 fully saturated rings. The maximum atomic E-state index is 12.0. The Balaban J connectivity index is 2.44. The number of carbonyl (C=O) groups is 3. The second kappa shape index (κ2) is 8.54. The summed E-state index contributed by atoms with van der Waals surface area (Å²) >= 11 is 0. The van der Waals surface area contributed by atoms with Gasteiger partial charge in [0.25, 0.3) is 5.91 Å². The van der Waals surface area contributed by atoms with E-state index in [0.29, 0.717) is 11.3 Å². The van der Waals surface area contributed by atoms with Gasteiger partial charge in [-0.3, -0.25) is 14.9 Å². The van der Waals surface area contributed by atoms with Gasteiger partial charge in [0, 0.05) is 16.8 Å². The molecule has 0 aliphatic rings. The summed E-state index contributed by atoms with van der Waals surface area (Å²) in [7, 11) is 0. The van der Waals surface area contributed by atoms with Gasteiger partial charge >= 0.3 is 12.2 Å². The number of benzene rings is 1. The summed E-state index contributed by atoms with van der Waals surface area (Å²) in [6, 6.07) is 5.00. The molecule has 26 heavy (non-hydrogen) atoms. The van der Waals surface area contributed by atoms with Gasteiger partial charge in [-0.05, 0) is 45.0 Å². The number of halogens is 3. The van der Waals surface area contributed by atoms with Gasteiger partial charge in [0.05, 0.1) is 6.54 Å². The minimum atomic E-state index is -4.56. The van der Waals surface area contributed by atoms with Gasteiger partial charge in [0.1, 0.15) is 6.54 Å². The quantitative estimate of drug-likeness (QED) is 0.634. The van der Waals surface area contributed by atoms with Crippen LogP contribution in [0.1, 0.15) is 31.1 Å². The van der Waals surface area contributed by atoms with Gasteiger partial charge in [-0.15, -0.1) is 0 Å². The van der Waals surface area contributed by atoms with Gasteiger partial charge in [-0.1, -0.05) is 0 Å². The Morgan fingerprint density at radius 3 is 2.08 bits per heavy atom. The van der Waals surface area contributed by atoms with Crippen molar-refractivity contribution in [3.63, 3.8) is 0 Å². The second-order valence-electron chi connectivity index (χ2n) is 6.48. The zero-order valence-electron chi connectivity index (χ0n) is 14.6. The van der Waals surface area contributed by atoms with E-state index in [1.807, 2.05) is 20.8 Å². The Morgan fingerprint density at radius 2 is 1.58 bits per heavy atom. The minimum absolute atomic E-state index is 0.247. The molecule has 0 atom stereocenters. The van der Waals surface area contributed by atoms with Crippen molar-refractivity contribution in [2.24, 2.45) is 0 Å². The molecule has 0 radical (unpaired) electrons. The molecule has 10 heteroatoms. The highest BCUT2D eigenvalue weighted by molar-refractivity contribution is 5.96. The number of nitrogens with one attached hydrogen (secondary N) is 4. The highest BCUT2D eigenvalue weighted by Crippen LogP contribution is 2.12. The van der Waals surface area contributed by atoms with Crippen molar-refractivity contribution in [3.8, 4) is 0 Å². The van der Waals surface area contributed by atoms with Crippen molar-refractivity contribution in [1.29, 1.82) is 0 Å². The molecule has 0 heterocycles. The predicted octanol–water partition coefficient (Wildman–Crippen LogP) is 2.01. The van der Waals surface area contributed by atoms with Crippen LogP contribution in [0.4, 0.5) is 23.7 Å². The summed E-state index contributed by atoms with van der Waals surface area (Å²) < 4.78 is 35.8. The normalized spacial score (nSPS) is 11.5. The minimum Gasteiger partial charge on any atom is -0.376 e. The van der Waals surface area contributed by atoms with Gasteiger partial charge in [0.15, 0.2) is 0 Å². The van der Waals surface area contributed by atoms with E-state index < -0.39 is 24.7 Å². The number of imide groups is 1. The molecule has 1 aromatic rings. The highest BCUT2D eigenvalue weighted by Gasteiger charge is 2.27. The summed E-state index contributed by atoms with van der Waals surface area (Å²) in [4.78, 5) is 34.6. The third kappa shape index (κ3) is 8.90. The van der Waals surface area contributed by atoms with Crippen molar-refractivity contribution in [3.05, 3.63) is 29.8 Å². The lowest BCUT2D eigenvalue weighted by molar-refractivity contribution is -0.124. The van der Waals surface area contributed by atoms with Gasteiger partial charge < -0.3 is 16.0 Å². The third-order valence-corrected chi connectivity index (χ3v) is 2.79. The smallest absolute Gasteiger partial charge is 0.376 e. The van der Waals surface area contributed by atoms with Crippen LogP contribution in [0.2, 0.25) is 0 Å². The number of hydrogen-bond acceptors (Lipinski definition) is 4. The monoisotopic (exact) mass is 374 g/mol. The molecule has 4 amide bonds. The summed E-state index contributed by atoms with van der Waals surface area (Å²) in [5.41, 5.74) is 0.559. The zero-order chi connectivity index (χ0) is 20.0. The van der Waals surface area contributed by atoms with Gasteiger partial charge in [-0.2, -0.15) is 13.2 Å². The van der Waals surface area contributed by atoms with Crippen LogP contribution < -0.4 is 21.3 Å². The molecule has 144 valence electrons. The zero-order valence-corrected chi connectivity index (χ0v) is 14.6. The van der Waals surface area contributed by atoms with E-state index >= 15 is 0 Å². The fourth-order valence-electron chi connectivity index (χ4n) is 1.73. The van der Waals surface area contributed by atoms with Crippen LogP contribution in [0, 0.1) is 0 Å². The fraction of sp³-hybridized carbons (Fsp3) is 0.438. The summed E-state index contributed by atoms with van der Waals surface area (Å²) in [6.07, 6.45) is -4.56. The first-order valence-corrected chi connectivity index (χ1v) is 7.66. The van der Waals surface area contributed by atoms with Gasteiger partial charge in [-0.25, -0.2) is 4.79 Å². The average molecular weight is 374 g/mol. The predicted molar refractivity (Wildman–Crippen MR) is 89.7 cm³/mol. The van der Waals surface area contributed by atoms with E-state index in [1.54, 1.807) is 29.6 Å². The SMILES string of the molecule is CC(C)(C)NC(=O)c1ccc(NCC(=O)NC(=O)NCC(F)(F)F)cc1. The van der Waals surface area contributed by atoms with Crippen molar-refractivity contribution >= 4 is 23.5 Å². The Kier molecular flexibility index (Phi) is 6.99. The first kappa shape index (κ1) is 21.3. The number of alkyl halides is 3. The molecule has 0 aliphatic heterocycles. The second-order valence-corrected chi connectivity index (χ2v) is 6.48. The highest BCUT2D eigenvalue weighted by atomic mass is 19.4. The first-order valence-electron chi connectivity index (χ1n) is 7.66. The van der Waals surface area contributed by atoms with Crippen LogP contribution in [-0.2, 0) is 4.79 Å². The Bertz CT molecular complexity index is 652. The van der Waals surface area contributed by atoms with Crippen molar-refractivity contribution in [2.45, 2.75) is 32.5 Å². The standard InChI is InChI=1S/C16H21F3N4O3/c1-15(2,3)23-13(25)10-4-6-11(7-5-10)20-8-12(24)22-14(26)21-9-16(17,18)19/h4-7,20H,8-9H2,1-3H3,(H,23,25)(H2,21,22,24,26). The van der Waals surface area contributed by atoms with Crippen molar-refractivity contribution < 1.29 is 27.6 Å². The van der Waals surface area contributed by atoms with Crippen molar-refractivity contribution in [2.75, 3.05) is 18.4 Å². The molecule has 0 aromatic heterocycles. The molecule has 1 rings (SSSR count). The Hall–Kier alpha value is -2.78. The summed E-state index contributed by atoms with van der Waals surface area (Å²) in [6.45, 7) is 3.70. The van der Waals surface area contributed by atoms with Crippen LogP contribution in [-0.4, -0.2) is 42.7 Å². The Labute approximate surface area is 148 Å². The number of hydrogen-bond donors (Lipinski definition) is 4. The molecule has 0 aliphatic carbocycles. The molecule has 0 bridgehead atoms.